The van der Waals surface area contributed by atoms with E-state index in [4.69, 9.17) is 4.74 Å². The van der Waals surface area contributed by atoms with Gasteiger partial charge >= 0.3 is 6.03 Å². The number of benzene rings is 2. The minimum Gasteiger partial charge on any atom is -0.495 e. The summed E-state index contributed by atoms with van der Waals surface area (Å²) in [4.78, 5) is 20.6. The number of hydrogen-bond donors (Lipinski definition) is 1. The minimum absolute atomic E-state index is 0.0265. The lowest BCUT2D eigenvalue weighted by atomic mass is 10.1. The average molecular weight is 406 g/mol. The maximum absolute atomic E-state index is 12.6. The molecule has 1 saturated heterocycles. The van der Waals surface area contributed by atoms with E-state index in [1.807, 2.05) is 35.2 Å². The highest BCUT2D eigenvalue weighted by molar-refractivity contribution is 5.74. The van der Waals surface area contributed by atoms with Crippen molar-refractivity contribution < 1.29 is 9.53 Å². The molecule has 0 radical (unpaired) electrons. The van der Waals surface area contributed by atoms with Gasteiger partial charge in [0.25, 0.3) is 0 Å². The van der Waals surface area contributed by atoms with Crippen molar-refractivity contribution in [2.24, 2.45) is 0 Å². The van der Waals surface area contributed by atoms with Gasteiger partial charge in [-0.1, -0.05) is 36.4 Å². The molecule has 30 heavy (non-hydrogen) atoms. The van der Waals surface area contributed by atoms with Crippen molar-refractivity contribution >= 4 is 11.7 Å². The summed E-state index contributed by atoms with van der Waals surface area (Å²) in [6.07, 6.45) is 3.22. The van der Waals surface area contributed by atoms with Crippen LogP contribution in [-0.4, -0.2) is 59.0 Å². The van der Waals surface area contributed by atoms with Gasteiger partial charge in [-0.25, -0.2) is 14.5 Å². The Hall–Kier alpha value is -3.55. The second-order valence-corrected chi connectivity index (χ2v) is 7.21. The quantitative estimate of drug-likeness (QED) is 0.680. The smallest absolute Gasteiger partial charge is 0.317 e. The van der Waals surface area contributed by atoms with Gasteiger partial charge in [0.1, 0.15) is 18.4 Å². The van der Waals surface area contributed by atoms with Crippen molar-refractivity contribution in [1.29, 1.82) is 0 Å². The third kappa shape index (κ3) is 4.71. The zero-order chi connectivity index (χ0) is 20.8. The van der Waals surface area contributed by atoms with E-state index < -0.39 is 0 Å². The van der Waals surface area contributed by atoms with Crippen LogP contribution >= 0.6 is 0 Å². The van der Waals surface area contributed by atoms with Gasteiger partial charge in [0, 0.05) is 32.7 Å². The summed E-state index contributed by atoms with van der Waals surface area (Å²) in [5, 5.41) is 7.14. The number of ether oxygens (including phenoxy) is 1. The zero-order valence-corrected chi connectivity index (χ0v) is 17.1. The monoisotopic (exact) mass is 406 g/mol. The molecular formula is C22H26N6O2. The minimum atomic E-state index is -0.0265. The fourth-order valence-electron chi connectivity index (χ4n) is 3.59. The van der Waals surface area contributed by atoms with Crippen LogP contribution in [0.25, 0.3) is 0 Å². The molecule has 0 spiro atoms. The molecule has 0 bridgehead atoms. The summed E-state index contributed by atoms with van der Waals surface area (Å²) >= 11 is 0. The van der Waals surface area contributed by atoms with Gasteiger partial charge in [-0.15, -0.1) is 0 Å². The molecule has 1 aliphatic rings. The van der Waals surface area contributed by atoms with Crippen molar-refractivity contribution in [3.8, 4) is 5.75 Å². The van der Waals surface area contributed by atoms with E-state index in [9.17, 15) is 4.79 Å². The summed E-state index contributed by atoms with van der Waals surface area (Å²) < 4.78 is 7.23. The van der Waals surface area contributed by atoms with Gasteiger partial charge in [0.15, 0.2) is 0 Å². The second kappa shape index (κ2) is 9.30. The number of nitrogens with zero attached hydrogens (tertiary/aromatic N) is 5. The van der Waals surface area contributed by atoms with Crippen molar-refractivity contribution in [3.63, 3.8) is 0 Å². The lowest BCUT2D eigenvalue weighted by Gasteiger charge is -2.36. The van der Waals surface area contributed by atoms with Gasteiger partial charge in [0.2, 0.25) is 0 Å². The number of aromatic nitrogens is 3. The Bertz CT molecular complexity index is 950. The van der Waals surface area contributed by atoms with Crippen molar-refractivity contribution in [2.75, 3.05) is 38.2 Å². The van der Waals surface area contributed by atoms with Crippen LogP contribution in [0.15, 0.2) is 61.2 Å². The fourth-order valence-corrected chi connectivity index (χ4v) is 3.59. The largest absolute Gasteiger partial charge is 0.495 e. The number of hydrogen-bond acceptors (Lipinski definition) is 5. The van der Waals surface area contributed by atoms with Gasteiger partial charge in [0.05, 0.1) is 19.3 Å². The van der Waals surface area contributed by atoms with Crippen LogP contribution in [0, 0.1) is 0 Å². The Morgan fingerprint density at radius 3 is 2.47 bits per heavy atom. The fraction of sp³-hybridized carbons (Fsp3) is 0.318. The maximum atomic E-state index is 12.6. The first-order valence-electron chi connectivity index (χ1n) is 10.0. The molecule has 1 aromatic heterocycles. The van der Waals surface area contributed by atoms with Gasteiger partial charge < -0.3 is 19.9 Å². The molecule has 2 amide bonds. The Morgan fingerprint density at radius 2 is 1.77 bits per heavy atom. The highest BCUT2D eigenvalue weighted by Crippen LogP contribution is 2.28. The molecule has 0 aliphatic carbocycles. The van der Waals surface area contributed by atoms with Gasteiger partial charge in [-0.05, 0) is 23.3 Å². The highest BCUT2D eigenvalue weighted by Gasteiger charge is 2.22. The van der Waals surface area contributed by atoms with Gasteiger partial charge in [-0.3, -0.25) is 0 Å². The van der Waals surface area contributed by atoms with E-state index in [1.54, 1.807) is 18.1 Å². The Labute approximate surface area is 176 Å². The number of amides is 2. The van der Waals surface area contributed by atoms with Crippen LogP contribution < -0.4 is 15.0 Å². The molecule has 1 N–H and O–H groups in total. The van der Waals surface area contributed by atoms with Crippen molar-refractivity contribution in [2.45, 2.75) is 13.1 Å². The zero-order valence-electron chi connectivity index (χ0n) is 17.1. The third-order valence-electron chi connectivity index (χ3n) is 5.27. The summed E-state index contributed by atoms with van der Waals surface area (Å²) in [6, 6.07) is 16.1. The summed E-state index contributed by atoms with van der Waals surface area (Å²) in [5.74, 6) is 0.864. The van der Waals surface area contributed by atoms with Crippen LogP contribution in [0.5, 0.6) is 5.75 Å². The van der Waals surface area contributed by atoms with Crippen LogP contribution in [0.4, 0.5) is 10.5 Å². The van der Waals surface area contributed by atoms with E-state index in [0.29, 0.717) is 26.2 Å². The SMILES string of the molecule is COc1ccccc1N1CCN(C(=O)NCc2ccc(Cn3cncn3)cc2)CC1. The summed E-state index contributed by atoms with van der Waals surface area (Å²) in [7, 11) is 1.68. The van der Waals surface area contributed by atoms with Crippen molar-refractivity contribution in [3.05, 3.63) is 72.3 Å². The number of anilines is 1. The predicted octanol–water partition coefficient (Wildman–Crippen LogP) is 2.37. The molecule has 0 unspecified atom stereocenters. The Balaban J connectivity index is 1.25. The first-order chi connectivity index (χ1) is 14.7. The molecule has 8 heteroatoms. The molecule has 1 fully saturated rings. The Morgan fingerprint density at radius 1 is 1.03 bits per heavy atom. The highest BCUT2D eigenvalue weighted by atomic mass is 16.5. The van der Waals surface area contributed by atoms with Crippen molar-refractivity contribution in [1.82, 2.24) is 25.0 Å². The van der Waals surface area contributed by atoms with Crippen LogP contribution in [0.2, 0.25) is 0 Å². The first-order valence-corrected chi connectivity index (χ1v) is 10.0. The van der Waals surface area contributed by atoms with E-state index in [2.05, 4.69) is 38.5 Å². The first kappa shape index (κ1) is 19.8. The number of piperazine rings is 1. The number of para-hydroxylation sites is 2. The topological polar surface area (TPSA) is 75.5 Å². The lowest BCUT2D eigenvalue weighted by molar-refractivity contribution is 0.194. The number of carbonyl (C=O) groups is 1. The lowest BCUT2D eigenvalue weighted by Crippen LogP contribution is -2.51. The van der Waals surface area contributed by atoms with Crippen LogP contribution in [0.1, 0.15) is 11.1 Å². The molecule has 2 aromatic carbocycles. The van der Waals surface area contributed by atoms with Gasteiger partial charge in [-0.2, -0.15) is 5.10 Å². The standard InChI is InChI=1S/C22H26N6O2/c1-30-21-5-3-2-4-20(21)26-10-12-27(13-11-26)22(29)24-14-18-6-8-19(9-7-18)15-28-17-23-16-25-28/h2-9,16-17H,10-15H2,1H3,(H,24,29). The predicted molar refractivity (Wildman–Crippen MR) is 115 cm³/mol. The Kier molecular flexibility index (Phi) is 6.12. The van der Waals surface area contributed by atoms with E-state index in [0.717, 1.165) is 35.7 Å². The summed E-state index contributed by atoms with van der Waals surface area (Å²) in [5.41, 5.74) is 3.28. The maximum Gasteiger partial charge on any atom is 0.317 e. The molecule has 0 saturated carbocycles. The normalized spacial score (nSPS) is 13.9. The van der Waals surface area contributed by atoms with E-state index in [1.165, 1.54) is 6.33 Å². The molecular weight excluding hydrogens is 380 g/mol. The number of urea groups is 1. The van der Waals surface area contributed by atoms with Crippen LogP contribution in [-0.2, 0) is 13.1 Å². The molecule has 2 heterocycles. The number of rotatable bonds is 6. The summed E-state index contributed by atoms with van der Waals surface area (Å²) in [6.45, 7) is 4.12. The molecule has 4 rings (SSSR count). The number of carbonyl (C=O) groups excluding carboxylic acids is 1. The molecule has 3 aromatic rings. The number of nitrogens with one attached hydrogen (secondary N) is 1. The van der Waals surface area contributed by atoms with Crippen LogP contribution in [0.3, 0.4) is 0 Å². The van der Waals surface area contributed by atoms with E-state index >= 15 is 0 Å². The second-order valence-electron chi connectivity index (χ2n) is 7.21. The molecule has 1 aliphatic heterocycles. The average Bonchev–Trinajstić information content (AvgIpc) is 3.31. The molecule has 156 valence electrons. The number of methoxy groups -OCH3 is 1. The molecule has 8 nitrogen and oxygen atoms in total. The third-order valence-corrected chi connectivity index (χ3v) is 5.27. The molecule has 0 atom stereocenters. The van der Waals surface area contributed by atoms with E-state index in [-0.39, 0.29) is 6.03 Å².